The first-order valence-electron chi connectivity index (χ1n) is 6.59. The third kappa shape index (κ3) is 2.35. The van der Waals surface area contributed by atoms with Crippen molar-refractivity contribution in [2.75, 3.05) is 7.11 Å². The van der Waals surface area contributed by atoms with E-state index in [9.17, 15) is 9.18 Å². The van der Waals surface area contributed by atoms with Crippen molar-refractivity contribution in [2.45, 2.75) is 19.4 Å². The van der Waals surface area contributed by atoms with Gasteiger partial charge < -0.3 is 14.4 Å². The lowest BCUT2D eigenvalue weighted by atomic mass is 9.99. The van der Waals surface area contributed by atoms with E-state index in [1.54, 1.807) is 10.6 Å². The van der Waals surface area contributed by atoms with Crippen molar-refractivity contribution < 1.29 is 19.0 Å². The number of carboxylic acids is 1. The van der Waals surface area contributed by atoms with Gasteiger partial charge in [0, 0.05) is 18.5 Å². The Hall–Kier alpha value is -2.44. The molecule has 0 aliphatic carbocycles. The monoisotopic (exact) mass is 291 g/mol. The first kappa shape index (κ1) is 13.5. The number of fused-ring (bicyclic) bond motifs is 1. The lowest BCUT2D eigenvalue weighted by Gasteiger charge is -2.21. The molecule has 0 amide bonds. The predicted octanol–water partition coefficient (Wildman–Crippen LogP) is 1.74. The Morgan fingerprint density at radius 2 is 2.29 bits per heavy atom. The van der Waals surface area contributed by atoms with E-state index in [-0.39, 0.29) is 5.75 Å². The predicted molar refractivity (Wildman–Crippen MR) is 71.4 cm³/mol. The Bertz CT molecular complexity index is 699. The van der Waals surface area contributed by atoms with Crippen molar-refractivity contribution in [1.29, 1.82) is 0 Å². The van der Waals surface area contributed by atoms with Crippen LogP contribution in [0.5, 0.6) is 5.75 Å². The largest absolute Gasteiger partial charge is 0.494 e. The minimum absolute atomic E-state index is 0.121. The molecule has 1 aromatic heterocycles. The highest BCUT2D eigenvalue weighted by molar-refractivity contribution is 5.70. The Morgan fingerprint density at radius 1 is 1.48 bits per heavy atom. The maximum absolute atomic E-state index is 13.5. The molecule has 0 saturated heterocycles. The normalized spacial score (nSPS) is 17.3. The Labute approximate surface area is 120 Å². The van der Waals surface area contributed by atoms with Crippen LogP contribution in [0, 0.1) is 11.7 Å². The van der Waals surface area contributed by atoms with Crippen LogP contribution in [0.3, 0.4) is 0 Å². The van der Waals surface area contributed by atoms with Crippen LogP contribution < -0.4 is 4.74 Å². The van der Waals surface area contributed by atoms with Crippen LogP contribution in [0.4, 0.5) is 4.39 Å². The number of halogens is 1. The van der Waals surface area contributed by atoms with Gasteiger partial charge in [0.25, 0.3) is 0 Å². The zero-order valence-electron chi connectivity index (χ0n) is 11.4. The summed E-state index contributed by atoms with van der Waals surface area (Å²) in [6.07, 6.45) is 1.13. The second-order valence-electron chi connectivity index (χ2n) is 4.97. The molecule has 0 bridgehead atoms. The summed E-state index contributed by atoms with van der Waals surface area (Å²) < 4.78 is 20.2. The van der Waals surface area contributed by atoms with Crippen molar-refractivity contribution in [1.82, 2.24) is 14.8 Å². The van der Waals surface area contributed by atoms with Crippen molar-refractivity contribution >= 4 is 5.97 Å². The SMILES string of the molecule is COc1cc(-c2nnc3n2CC(C(=O)O)CC3)ccc1F. The van der Waals surface area contributed by atoms with Crippen LogP contribution in [-0.2, 0) is 17.8 Å². The van der Waals surface area contributed by atoms with Gasteiger partial charge in [0.05, 0.1) is 13.0 Å². The van der Waals surface area contributed by atoms with E-state index in [0.29, 0.717) is 30.8 Å². The highest BCUT2D eigenvalue weighted by Crippen LogP contribution is 2.29. The van der Waals surface area contributed by atoms with E-state index in [4.69, 9.17) is 9.84 Å². The zero-order chi connectivity index (χ0) is 15.0. The van der Waals surface area contributed by atoms with Crippen LogP contribution in [0.1, 0.15) is 12.2 Å². The lowest BCUT2D eigenvalue weighted by Crippen LogP contribution is -2.27. The average molecular weight is 291 g/mol. The number of nitrogens with zero attached hydrogens (tertiary/aromatic N) is 3. The summed E-state index contributed by atoms with van der Waals surface area (Å²) in [6.45, 7) is 0.326. The number of aliphatic carboxylic acids is 1. The van der Waals surface area contributed by atoms with E-state index in [1.165, 1.54) is 19.2 Å². The maximum atomic E-state index is 13.5. The third-order valence-corrected chi connectivity index (χ3v) is 3.71. The second kappa shape index (κ2) is 5.16. The molecule has 1 unspecified atom stereocenters. The fourth-order valence-electron chi connectivity index (χ4n) is 2.54. The van der Waals surface area contributed by atoms with Gasteiger partial charge >= 0.3 is 5.97 Å². The molecule has 2 heterocycles. The summed E-state index contributed by atoms with van der Waals surface area (Å²) in [6, 6.07) is 4.42. The summed E-state index contributed by atoms with van der Waals surface area (Å²) in [5.41, 5.74) is 0.651. The topological polar surface area (TPSA) is 77.2 Å². The average Bonchev–Trinajstić information content (AvgIpc) is 2.90. The minimum atomic E-state index is -0.822. The van der Waals surface area contributed by atoms with Crippen LogP contribution in [0.15, 0.2) is 18.2 Å². The number of hydrogen-bond acceptors (Lipinski definition) is 4. The van der Waals surface area contributed by atoms with Gasteiger partial charge in [0.2, 0.25) is 0 Å². The first-order valence-corrected chi connectivity index (χ1v) is 6.59. The molecular weight excluding hydrogens is 277 g/mol. The number of hydrogen-bond donors (Lipinski definition) is 1. The molecule has 7 heteroatoms. The summed E-state index contributed by atoms with van der Waals surface area (Å²) in [5, 5.41) is 17.4. The van der Waals surface area contributed by atoms with Gasteiger partial charge in [-0.2, -0.15) is 0 Å². The van der Waals surface area contributed by atoms with E-state index >= 15 is 0 Å². The van der Waals surface area contributed by atoms with Crippen LogP contribution in [0.25, 0.3) is 11.4 Å². The highest BCUT2D eigenvalue weighted by atomic mass is 19.1. The number of carbonyl (C=O) groups is 1. The highest BCUT2D eigenvalue weighted by Gasteiger charge is 2.28. The number of aryl methyl sites for hydroxylation is 1. The number of benzene rings is 1. The molecule has 0 radical (unpaired) electrons. The molecule has 1 atom stereocenters. The molecule has 21 heavy (non-hydrogen) atoms. The second-order valence-corrected chi connectivity index (χ2v) is 4.97. The molecule has 1 N–H and O–H groups in total. The van der Waals surface area contributed by atoms with Gasteiger partial charge in [-0.3, -0.25) is 4.79 Å². The van der Waals surface area contributed by atoms with E-state index in [2.05, 4.69) is 10.2 Å². The number of ether oxygens (including phenoxy) is 1. The molecule has 110 valence electrons. The smallest absolute Gasteiger partial charge is 0.308 e. The molecule has 1 aliphatic heterocycles. The van der Waals surface area contributed by atoms with Crippen molar-refractivity contribution in [2.24, 2.45) is 5.92 Å². The van der Waals surface area contributed by atoms with Crippen molar-refractivity contribution in [3.05, 3.63) is 29.8 Å². The molecule has 0 spiro atoms. The van der Waals surface area contributed by atoms with Gasteiger partial charge in [-0.15, -0.1) is 10.2 Å². The molecule has 1 aromatic carbocycles. The van der Waals surface area contributed by atoms with Gasteiger partial charge in [-0.25, -0.2) is 4.39 Å². The number of carboxylic acid groups (broad SMARTS) is 1. The number of aromatic nitrogens is 3. The van der Waals surface area contributed by atoms with E-state index < -0.39 is 17.7 Å². The van der Waals surface area contributed by atoms with E-state index in [0.717, 1.165) is 5.82 Å². The summed E-state index contributed by atoms with van der Waals surface area (Å²) in [5.74, 6) is -0.315. The van der Waals surface area contributed by atoms with Gasteiger partial charge in [0.1, 0.15) is 5.82 Å². The quantitative estimate of drug-likeness (QED) is 0.932. The van der Waals surface area contributed by atoms with Crippen LogP contribution >= 0.6 is 0 Å². The fourth-order valence-corrected chi connectivity index (χ4v) is 2.54. The first-order chi connectivity index (χ1) is 10.1. The Kier molecular flexibility index (Phi) is 3.32. The summed E-state index contributed by atoms with van der Waals surface area (Å²) in [7, 11) is 1.39. The summed E-state index contributed by atoms with van der Waals surface area (Å²) >= 11 is 0. The maximum Gasteiger partial charge on any atom is 0.308 e. The summed E-state index contributed by atoms with van der Waals surface area (Å²) in [4.78, 5) is 11.2. The van der Waals surface area contributed by atoms with Crippen LogP contribution in [-0.4, -0.2) is 33.0 Å². The third-order valence-electron chi connectivity index (χ3n) is 3.71. The van der Waals surface area contributed by atoms with Crippen molar-refractivity contribution in [3.8, 4) is 17.1 Å². The minimum Gasteiger partial charge on any atom is -0.494 e. The lowest BCUT2D eigenvalue weighted by molar-refractivity contribution is -0.142. The number of rotatable bonds is 3. The molecule has 3 rings (SSSR count). The Balaban J connectivity index is 2.01. The van der Waals surface area contributed by atoms with Gasteiger partial charge in [-0.05, 0) is 24.6 Å². The van der Waals surface area contributed by atoms with Crippen LogP contribution in [0.2, 0.25) is 0 Å². The standard InChI is InChI=1S/C14H14FN3O3/c1-21-11-6-8(2-4-10(11)15)13-17-16-12-5-3-9(14(19)20)7-18(12)13/h2,4,6,9H,3,5,7H2,1H3,(H,19,20). The van der Waals surface area contributed by atoms with Gasteiger partial charge in [0.15, 0.2) is 17.4 Å². The molecule has 0 saturated carbocycles. The number of methoxy groups -OCH3 is 1. The molecule has 6 nitrogen and oxygen atoms in total. The molecule has 0 fully saturated rings. The van der Waals surface area contributed by atoms with Gasteiger partial charge in [-0.1, -0.05) is 0 Å². The van der Waals surface area contributed by atoms with Crippen molar-refractivity contribution in [3.63, 3.8) is 0 Å². The zero-order valence-corrected chi connectivity index (χ0v) is 11.4. The Morgan fingerprint density at radius 3 is 3.00 bits per heavy atom. The molecule has 2 aromatic rings. The fraction of sp³-hybridized carbons (Fsp3) is 0.357. The van der Waals surface area contributed by atoms with E-state index in [1.807, 2.05) is 0 Å². The molecule has 1 aliphatic rings. The molecular formula is C14H14FN3O3.